The predicted molar refractivity (Wildman–Crippen MR) is 71.2 cm³/mol. The van der Waals surface area contributed by atoms with Crippen molar-refractivity contribution in [2.45, 2.75) is 19.4 Å². The lowest BCUT2D eigenvalue weighted by Crippen LogP contribution is -2.39. The highest BCUT2D eigenvalue weighted by Gasteiger charge is 2.33. The molecule has 0 aliphatic carbocycles. The van der Waals surface area contributed by atoms with Crippen LogP contribution < -0.4 is 10.2 Å². The molecule has 1 amide bonds. The second-order valence-electron chi connectivity index (χ2n) is 4.39. The summed E-state index contributed by atoms with van der Waals surface area (Å²) >= 11 is 1.60. The molecule has 1 aliphatic heterocycles. The maximum atomic E-state index is 12.6. The molecule has 1 aliphatic rings. The van der Waals surface area contributed by atoms with Crippen LogP contribution >= 0.6 is 11.3 Å². The fourth-order valence-electron chi connectivity index (χ4n) is 2.27. The minimum Gasteiger partial charge on any atom is -0.338 e. The van der Waals surface area contributed by atoms with Gasteiger partial charge in [0.05, 0.1) is 0 Å². The lowest BCUT2D eigenvalue weighted by atomic mass is 10.1. The van der Waals surface area contributed by atoms with Gasteiger partial charge < -0.3 is 9.84 Å². The van der Waals surface area contributed by atoms with Gasteiger partial charge in [-0.1, -0.05) is 0 Å². The van der Waals surface area contributed by atoms with Gasteiger partial charge in [0.15, 0.2) is 0 Å². The summed E-state index contributed by atoms with van der Waals surface area (Å²) in [4.78, 5) is 19.4. The molecule has 1 unspecified atom stereocenters. The number of aryl methyl sites for hydroxylation is 1. The summed E-state index contributed by atoms with van der Waals surface area (Å²) in [6.07, 6.45) is 0.802. The lowest BCUT2D eigenvalue weighted by molar-refractivity contribution is -0.120. The van der Waals surface area contributed by atoms with Crippen molar-refractivity contribution in [3.63, 3.8) is 0 Å². The first-order chi connectivity index (χ1) is 9.20. The molecule has 1 atom stereocenters. The number of carbonyl (C=O) groups is 1. The molecule has 0 bridgehead atoms. The molecule has 3 rings (SSSR count). The van der Waals surface area contributed by atoms with E-state index in [1.165, 1.54) is 5.56 Å². The van der Waals surface area contributed by atoms with Crippen LogP contribution in [0.4, 0.5) is 5.95 Å². The number of nitrogens with zero attached hydrogens (tertiary/aromatic N) is 3. The average Bonchev–Trinajstić information content (AvgIpc) is 2.98. The van der Waals surface area contributed by atoms with E-state index in [4.69, 9.17) is 4.52 Å². The van der Waals surface area contributed by atoms with E-state index in [0.717, 1.165) is 11.3 Å². The van der Waals surface area contributed by atoms with Crippen molar-refractivity contribution in [3.8, 4) is 0 Å². The number of aromatic nitrogens is 2. The minimum absolute atomic E-state index is 0.0375. The van der Waals surface area contributed by atoms with E-state index in [-0.39, 0.29) is 11.9 Å². The zero-order valence-corrected chi connectivity index (χ0v) is 11.5. The molecule has 2 aromatic heterocycles. The third kappa shape index (κ3) is 2.04. The van der Waals surface area contributed by atoms with E-state index in [1.54, 1.807) is 30.2 Å². The topological polar surface area (TPSA) is 71.3 Å². The van der Waals surface area contributed by atoms with Crippen LogP contribution in [0.2, 0.25) is 0 Å². The largest absolute Gasteiger partial charge is 0.338 e. The summed E-state index contributed by atoms with van der Waals surface area (Å²) in [6.45, 7) is 2.28. The number of hydrogen-bond donors (Lipinski definition) is 1. The van der Waals surface area contributed by atoms with Gasteiger partial charge in [-0.05, 0) is 35.6 Å². The van der Waals surface area contributed by atoms with Crippen molar-refractivity contribution in [2.24, 2.45) is 0 Å². The Labute approximate surface area is 114 Å². The Kier molecular flexibility index (Phi) is 3.08. The minimum atomic E-state index is -0.337. The Morgan fingerprint density at radius 2 is 2.42 bits per heavy atom. The Balaban J connectivity index is 1.98. The zero-order chi connectivity index (χ0) is 13.4. The molecular weight excluding hydrogens is 264 g/mol. The van der Waals surface area contributed by atoms with Crippen LogP contribution in [-0.2, 0) is 11.2 Å². The number of nitrogens with one attached hydrogen (secondary N) is 1. The van der Waals surface area contributed by atoms with E-state index < -0.39 is 0 Å². The number of anilines is 1. The number of thiophene rings is 1. The van der Waals surface area contributed by atoms with Gasteiger partial charge in [-0.15, -0.1) is 11.3 Å². The molecule has 2 aromatic rings. The standard InChI is InChI=1S/C12H14N4O2S/c1-7-14-12(15-18-7)16-5-3-8-4-6-19-10(8)9(13-2)11(16)17/h4,6,9,13H,3,5H2,1-2H3. The summed E-state index contributed by atoms with van der Waals surface area (Å²) in [5, 5.41) is 8.94. The van der Waals surface area contributed by atoms with E-state index >= 15 is 0 Å². The zero-order valence-electron chi connectivity index (χ0n) is 10.7. The van der Waals surface area contributed by atoms with Gasteiger partial charge in [-0.25, -0.2) is 0 Å². The first-order valence-electron chi connectivity index (χ1n) is 6.06. The molecule has 0 saturated carbocycles. The number of rotatable bonds is 2. The van der Waals surface area contributed by atoms with Crippen LogP contribution in [0.15, 0.2) is 16.0 Å². The molecule has 0 spiro atoms. The fourth-order valence-corrected chi connectivity index (χ4v) is 3.32. The summed E-state index contributed by atoms with van der Waals surface area (Å²) in [6, 6.07) is 1.74. The van der Waals surface area contributed by atoms with E-state index in [9.17, 15) is 4.79 Å². The Hall–Kier alpha value is -1.73. The second-order valence-corrected chi connectivity index (χ2v) is 5.33. The van der Waals surface area contributed by atoms with Crippen LogP contribution in [0.25, 0.3) is 0 Å². The van der Waals surface area contributed by atoms with Gasteiger partial charge in [0, 0.05) is 18.3 Å². The van der Waals surface area contributed by atoms with Crippen molar-refractivity contribution in [1.82, 2.24) is 15.5 Å². The lowest BCUT2D eigenvalue weighted by Gasteiger charge is -2.20. The van der Waals surface area contributed by atoms with Crippen molar-refractivity contribution in [1.29, 1.82) is 0 Å². The Bertz CT molecular complexity index is 606. The predicted octanol–water partition coefficient (Wildman–Crippen LogP) is 1.29. The molecule has 19 heavy (non-hydrogen) atoms. The second kappa shape index (κ2) is 4.75. The summed E-state index contributed by atoms with van der Waals surface area (Å²) in [5.74, 6) is 0.769. The highest BCUT2D eigenvalue weighted by atomic mass is 32.1. The monoisotopic (exact) mass is 278 g/mol. The SMILES string of the molecule is CNC1C(=O)N(c2noc(C)n2)CCc2ccsc21. The third-order valence-corrected chi connectivity index (χ3v) is 4.23. The van der Waals surface area contributed by atoms with Crippen molar-refractivity contribution < 1.29 is 9.32 Å². The van der Waals surface area contributed by atoms with Gasteiger partial charge in [0.25, 0.3) is 11.9 Å². The molecule has 6 nitrogen and oxygen atoms in total. The molecule has 0 aromatic carbocycles. The Morgan fingerprint density at radius 1 is 1.58 bits per heavy atom. The fraction of sp³-hybridized carbons (Fsp3) is 0.417. The Morgan fingerprint density at radius 3 is 3.11 bits per heavy atom. The van der Waals surface area contributed by atoms with Gasteiger partial charge >= 0.3 is 0 Å². The van der Waals surface area contributed by atoms with E-state index in [1.807, 2.05) is 5.38 Å². The first kappa shape index (κ1) is 12.3. The van der Waals surface area contributed by atoms with Crippen molar-refractivity contribution in [2.75, 3.05) is 18.5 Å². The quantitative estimate of drug-likeness (QED) is 0.896. The summed E-state index contributed by atoms with van der Waals surface area (Å²) in [7, 11) is 1.79. The maximum absolute atomic E-state index is 12.6. The van der Waals surface area contributed by atoms with Crippen LogP contribution in [0.3, 0.4) is 0 Å². The molecule has 7 heteroatoms. The highest BCUT2D eigenvalue weighted by Crippen LogP contribution is 2.30. The smallest absolute Gasteiger partial charge is 0.272 e. The first-order valence-corrected chi connectivity index (χ1v) is 6.94. The molecular formula is C12H14N4O2S. The summed E-state index contributed by atoms with van der Waals surface area (Å²) in [5.41, 5.74) is 1.21. The van der Waals surface area contributed by atoms with Crippen molar-refractivity contribution in [3.05, 3.63) is 27.8 Å². The molecule has 0 fully saturated rings. The third-order valence-electron chi connectivity index (χ3n) is 3.21. The molecule has 3 heterocycles. The maximum Gasteiger partial charge on any atom is 0.272 e. The van der Waals surface area contributed by atoms with Crippen LogP contribution in [-0.4, -0.2) is 29.6 Å². The average molecular weight is 278 g/mol. The van der Waals surface area contributed by atoms with Crippen LogP contribution in [0.5, 0.6) is 0 Å². The number of hydrogen-bond acceptors (Lipinski definition) is 6. The molecule has 100 valence electrons. The molecule has 1 N–H and O–H groups in total. The number of likely N-dealkylation sites (N-methyl/N-ethyl adjacent to an activating group) is 1. The van der Waals surface area contributed by atoms with Crippen LogP contribution in [0, 0.1) is 6.92 Å². The number of fused-ring (bicyclic) bond motifs is 1. The van der Waals surface area contributed by atoms with Crippen LogP contribution in [0.1, 0.15) is 22.4 Å². The van der Waals surface area contributed by atoms with Gasteiger partial charge in [0.1, 0.15) is 6.04 Å². The summed E-state index contributed by atoms with van der Waals surface area (Å²) < 4.78 is 4.96. The normalized spacial score (nSPS) is 19.4. The highest BCUT2D eigenvalue weighted by molar-refractivity contribution is 7.10. The molecule has 0 radical (unpaired) electrons. The number of carbonyl (C=O) groups excluding carboxylic acids is 1. The molecule has 0 saturated heterocycles. The van der Waals surface area contributed by atoms with Crippen molar-refractivity contribution >= 4 is 23.2 Å². The van der Waals surface area contributed by atoms with E-state index in [2.05, 4.69) is 21.5 Å². The number of amides is 1. The van der Waals surface area contributed by atoms with E-state index in [0.29, 0.717) is 18.4 Å². The van der Waals surface area contributed by atoms with Gasteiger partial charge in [0.2, 0.25) is 5.89 Å². The van der Waals surface area contributed by atoms with Gasteiger partial charge in [-0.2, -0.15) is 4.98 Å². The van der Waals surface area contributed by atoms with Gasteiger partial charge in [-0.3, -0.25) is 9.69 Å².